The highest BCUT2D eigenvalue weighted by Crippen LogP contribution is 2.22. The second-order valence-electron chi connectivity index (χ2n) is 4.39. The van der Waals surface area contributed by atoms with Crippen LogP contribution in [0.15, 0.2) is 6.33 Å². The van der Waals surface area contributed by atoms with Crippen molar-refractivity contribution >= 4 is 0 Å². The van der Waals surface area contributed by atoms with Gasteiger partial charge in [-0.15, -0.1) is 0 Å². The van der Waals surface area contributed by atoms with Gasteiger partial charge in [-0.2, -0.15) is 5.10 Å². The molecule has 1 aliphatic rings. The highest BCUT2D eigenvalue weighted by Gasteiger charge is 2.12. The van der Waals surface area contributed by atoms with Crippen molar-refractivity contribution in [3.8, 4) is 0 Å². The lowest BCUT2D eigenvalue weighted by molar-refractivity contribution is 0.343. The van der Waals surface area contributed by atoms with Crippen LogP contribution in [-0.4, -0.2) is 28.3 Å². The van der Waals surface area contributed by atoms with Gasteiger partial charge in [-0.25, -0.2) is 4.98 Å². The van der Waals surface area contributed by atoms with Crippen LogP contribution in [-0.2, 0) is 6.42 Å². The topological polar surface area (TPSA) is 53.6 Å². The number of nitrogens with one attached hydrogen (secondary N) is 2. The predicted octanol–water partition coefficient (Wildman–Crippen LogP) is 1.52. The molecule has 1 saturated carbocycles. The number of aromatic nitrogens is 3. The summed E-state index contributed by atoms with van der Waals surface area (Å²) < 4.78 is 0. The lowest BCUT2D eigenvalue weighted by Gasteiger charge is -2.21. The first-order chi connectivity index (χ1) is 7.45. The molecule has 0 amide bonds. The van der Waals surface area contributed by atoms with Crippen molar-refractivity contribution in [1.82, 2.24) is 20.5 Å². The van der Waals surface area contributed by atoms with E-state index in [2.05, 4.69) is 20.5 Å². The molecule has 4 heteroatoms. The molecule has 0 aromatic carbocycles. The molecule has 2 N–H and O–H groups in total. The third-order valence-electron chi connectivity index (χ3n) is 3.16. The maximum atomic E-state index is 4.09. The molecule has 0 aliphatic heterocycles. The van der Waals surface area contributed by atoms with Gasteiger partial charge >= 0.3 is 0 Å². The van der Waals surface area contributed by atoms with Gasteiger partial charge in [0, 0.05) is 13.0 Å². The largest absolute Gasteiger partial charge is 0.316 e. The van der Waals surface area contributed by atoms with E-state index in [9.17, 15) is 0 Å². The van der Waals surface area contributed by atoms with Crippen molar-refractivity contribution < 1.29 is 0 Å². The Morgan fingerprint density at radius 3 is 2.93 bits per heavy atom. The second-order valence-corrected chi connectivity index (χ2v) is 4.39. The summed E-state index contributed by atoms with van der Waals surface area (Å²) in [6, 6.07) is 0. The van der Waals surface area contributed by atoms with E-state index in [4.69, 9.17) is 0 Å². The third-order valence-corrected chi connectivity index (χ3v) is 3.16. The van der Waals surface area contributed by atoms with Crippen LogP contribution in [0, 0.1) is 5.92 Å². The van der Waals surface area contributed by atoms with E-state index in [-0.39, 0.29) is 0 Å². The zero-order valence-corrected chi connectivity index (χ0v) is 9.21. The fourth-order valence-electron chi connectivity index (χ4n) is 2.26. The summed E-state index contributed by atoms with van der Waals surface area (Å²) in [4.78, 5) is 4.09. The van der Waals surface area contributed by atoms with Crippen LogP contribution < -0.4 is 5.32 Å². The summed E-state index contributed by atoms with van der Waals surface area (Å²) in [5.41, 5.74) is 0. The van der Waals surface area contributed by atoms with Crippen molar-refractivity contribution in [2.75, 3.05) is 13.1 Å². The molecule has 1 aliphatic carbocycles. The molecule has 2 rings (SSSR count). The summed E-state index contributed by atoms with van der Waals surface area (Å²) in [5.74, 6) is 1.89. The highest BCUT2D eigenvalue weighted by atomic mass is 15.2. The number of aromatic amines is 1. The van der Waals surface area contributed by atoms with Gasteiger partial charge in [0.05, 0.1) is 0 Å². The minimum absolute atomic E-state index is 0.911. The van der Waals surface area contributed by atoms with E-state index in [1.165, 1.54) is 38.6 Å². The Kier molecular flexibility index (Phi) is 4.14. The Morgan fingerprint density at radius 2 is 2.20 bits per heavy atom. The van der Waals surface area contributed by atoms with Gasteiger partial charge < -0.3 is 5.32 Å². The van der Waals surface area contributed by atoms with Gasteiger partial charge in [0.1, 0.15) is 12.2 Å². The van der Waals surface area contributed by atoms with E-state index in [0.717, 1.165) is 24.7 Å². The van der Waals surface area contributed by atoms with Crippen molar-refractivity contribution in [3.63, 3.8) is 0 Å². The Morgan fingerprint density at radius 1 is 1.33 bits per heavy atom. The number of rotatable bonds is 5. The maximum Gasteiger partial charge on any atom is 0.137 e. The number of hydrogen-bond donors (Lipinski definition) is 2. The first kappa shape index (κ1) is 10.6. The zero-order chi connectivity index (χ0) is 10.3. The van der Waals surface area contributed by atoms with Crippen LogP contribution in [0.4, 0.5) is 0 Å². The van der Waals surface area contributed by atoms with E-state index in [1.54, 1.807) is 6.33 Å². The molecular formula is C11H20N4. The molecule has 0 bridgehead atoms. The molecule has 4 nitrogen and oxygen atoms in total. The van der Waals surface area contributed by atoms with Gasteiger partial charge in [0.25, 0.3) is 0 Å². The monoisotopic (exact) mass is 208 g/mol. The first-order valence-electron chi connectivity index (χ1n) is 6.00. The summed E-state index contributed by atoms with van der Waals surface area (Å²) in [5, 5.41) is 10.2. The van der Waals surface area contributed by atoms with Crippen LogP contribution in [0.3, 0.4) is 0 Å². The predicted molar refractivity (Wildman–Crippen MR) is 59.5 cm³/mol. The van der Waals surface area contributed by atoms with Crippen LogP contribution >= 0.6 is 0 Å². The normalized spacial score (nSPS) is 18.1. The number of H-pyrrole nitrogens is 1. The summed E-state index contributed by atoms with van der Waals surface area (Å²) in [7, 11) is 0. The molecule has 84 valence electrons. The maximum absolute atomic E-state index is 4.09. The molecule has 0 radical (unpaired) electrons. The van der Waals surface area contributed by atoms with Gasteiger partial charge in [0.2, 0.25) is 0 Å². The zero-order valence-electron chi connectivity index (χ0n) is 9.21. The fourth-order valence-corrected chi connectivity index (χ4v) is 2.26. The minimum atomic E-state index is 0.911. The minimum Gasteiger partial charge on any atom is -0.316 e. The quantitative estimate of drug-likeness (QED) is 0.721. The SMILES string of the molecule is c1n[nH]c(CCNCC2CCCCC2)n1. The smallest absolute Gasteiger partial charge is 0.137 e. The Balaban J connectivity index is 1.54. The van der Waals surface area contributed by atoms with E-state index in [1.807, 2.05) is 0 Å². The molecule has 0 unspecified atom stereocenters. The Hall–Kier alpha value is -0.900. The lowest BCUT2D eigenvalue weighted by Crippen LogP contribution is -2.26. The standard InChI is InChI=1S/C11H20N4/c1-2-4-10(5-3-1)8-12-7-6-11-13-9-14-15-11/h9-10,12H,1-8H2,(H,13,14,15). The molecule has 1 fully saturated rings. The molecule has 0 atom stereocenters. The Labute approximate surface area is 90.9 Å². The Bertz CT molecular complexity index is 252. The van der Waals surface area contributed by atoms with Crippen LogP contribution in [0.1, 0.15) is 37.9 Å². The second kappa shape index (κ2) is 5.85. The summed E-state index contributed by atoms with van der Waals surface area (Å²) in [6.45, 7) is 2.18. The van der Waals surface area contributed by atoms with Crippen molar-refractivity contribution in [1.29, 1.82) is 0 Å². The van der Waals surface area contributed by atoms with Crippen molar-refractivity contribution in [2.24, 2.45) is 5.92 Å². The number of hydrogen-bond acceptors (Lipinski definition) is 3. The van der Waals surface area contributed by atoms with E-state index >= 15 is 0 Å². The van der Waals surface area contributed by atoms with Gasteiger partial charge in [-0.3, -0.25) is 5.10 Å². The molecule has 1 heterocycles. The molecule has 0 spiro atoms. The molecule has 15 heavy (non-hydrogen) atoms. The van der Waals surface area contributed by atoms with E-state index in [0.29, 0.717) is 0 Å². The van der Waals surface area contributed by atoms with Crippen molar-refractivity contribution in [3.05, 3.63) is 12.2 Å². The highest BCUT2D eigenvalue weighted by molar-refractivity contribution is 4.80. The third kappa shape index (κ3) is 3.63. The number of nitrogens with zero attached hydrogens (tertiary/aromatic N) is 2. The molecule has 1 aromatic heterocycles. The average Bonchev–Trinajstić information content (AvgIpc) is 2.79. The first-order valence-corrected chi connectivity index (χ1v) is 6.00. The lowest BCUT2D eigenvalue weighted by atomic mass is 9.89. The van der Waals surface area contributed by atoms with Gasteiger partial charge in [-0.05, 0) is 25.3 Å². The molecule has 0 saturated heterocycles. The molecule has 1 aromatic rings. The van der Waals surface area contributed by atoms with Crippen LogP contribution in [0.25, 0.3) is 0 Å². The van der Waals surface area contributed by atoms with Crippen molar-refractivity contribution in [2.45, 2.75) is 38.5 Å². The van der Waals surface area contributed by atoms with Gasteiger partial charge in [0.15, 0.2) is 0 Å². The summed E-state index contributed by atoms with van der Waals surface area (Å²) >= 11 is 0. The van der Waals surface area contributed by atoms with Crippen LogP contribution in [0.2, 0.25) is 0 Å². The fraction of sp³-hybridized carbons (Fsp3) is 0.818. The average molecular weight is 208 g/mol. The van der Waals surface area contributed by atoms with Crippen LogP contribution in [0.5, 0.6) is 0 Å². The van der Waals surface area contributed by atoms with Gasteiger partial charge in [-0.1, -0.05) is 19.3 Å². The summed E-state index contributed by atoms with van der Waals surface area (Å²) in [6.07, 6.45) is 9.63. The molecular weight excluding hydrogens is 188 g/mol. The van der Waals surface area contributed by atoms with E-state index < -0.39 is 0 Å².